The minimum atomic E-state index is -0.409. The number of ether oxygens (including phenoxy) is 2. The summed E-state index contributed by atoms with van der Waals surface area (Å²) in [5.74, 6) is 0.325. The van der Waals surface area contributed by atoms with Gasteiger partial charge in [0.25, 0.3) is 0 Å². The zero-order valence-corrected chi connectivity index (χ0v) is 18.1. The predicted octanol–water partition coefficient (Wildman–Crippen LogP) is 5.90. The summed E-state index contributed by atoms with van der Waals surface area (Å²) in [7, 11) is 1.62. The zero-order valence-electron chi connectivity index (χ0n) is 18.1. The van der Waals surface area contributed by atoms with Gasteiger partial charge in [-0.05, 0) is 55.0 Å². The molecule has 0 saturated carbocycles. The van der Waals surface area contributed by atoms with Crippen molar-refractivity contribution in [1.82, 2.24) is 9.78 Å². The smallest absolute Gasteiger partial charge is 0.342 e. The van der Waals surface area contributed by atoms with E-state index in [0.717, 1.165) is 22.6 Å². The highest BCUT2D eigenvalue weighted by molar-refractivity contribution is 6.00. The monoisotopic (exact) mass is 424 g/mol. The van der Waals surface area contributed by atoms with E-state index in [4.69, 9.17) is 14.6 Å². The highest BCUT2D eigenvalue weighted by atomic mass is 16.5. The molecule has 4 rings (SSSR count). The van der Waals surface area contributed by atoms with Crippen molar-refractivity contribution < 1.29 is 14.3 Å². The van der Waals surface area contributed by atoms with E-state index in [1.807, 2.05) is 97.1 Å². The van der Waals surface area contributed by atoms with Crippen LogP contribution < -0.4 is 4.74 Å². The quantitative estimate of drug-likeness (QED) is 0.347. The third kappa shape index (κ3) is 4.47. The van der Waals surface area contributed by atoms with Gasteiger partial charge in [0.05, 0.1) is 25.1 Å². The number of carbonyl (C=O) groups excluding carboxylic acids is 1. The average molecular weight is 425 g/mol. The molecule has 32 heavy (non-hydrogen) atoms. The number of benzene rings is 3. The second-order valence-electron chi connectivity index (χ2n) is 7.05. The van der Waals surface area contributed by atoms with E-state index in [1.54, 1.807) is 18.7 Å². The summed E-state index contributed by atoms with van der Waals surface area (Å²) < 4.78 is 12.5. The van der Waals surface area contributed by atoms with Crippen molar-refractivity contribution in [3.05, 3.63) is 102 Å². The van der Waals surface area contributed by atoms with Crippen molar-refractivity contribution in [3.8, 4) is 22.7 Å². The van der Waals surface area contributed by atoms with Crippen molar-refractivity contribution >= 4 is 18.1 Å². The number of carbonyl (C=O) groups is 1. The number of aromatic nitrogens is 2. The van der Waals surface area contributed by atoms with Crippen LogP contribution in [-0.2, 0) is 4.74 Å². The van der Waals surface area contributed by atoms with Crippen molar-refractivity contribution in [2.45, 2.75) is 6.92 Å². The summed E-state index contributed by atoms with van der Waals surface area (Å²) in [5, 5.41) is 4.85. The van der Waals surface area contributed by atoms with Gasteiger partial charge in [-0.25, -0.2) is 9.48 Å². The maximum absolute atomic E-state index is 13.1. The Labute approximate surface area is 187 Å². The molecular formula is C27H24N2O3. The number of hydrogen-bond donors (Lipinski definition) is 0. The topological polar surface area (TPSA) is 53.4 Å². The minimum Gasteiger partial charge on any atom is -0.497 e. The van der Waals surface area contributed by atoms with Crippen LogP contribution in [0.3, 0.4) is 0 Å². The van der Waals surface area contributed by atoms with Crippen LogP contribution in [0.1, 0.15) is 28.5 Å². The Morgan fingerprint density at radius 3 is 2.19 bits per heavy atom. The number of nitrogens with zero attached hydrogens (tertiary/aromatic N) is 2. The minimum absolute atomic E-state index is 0.277. The molecule has 0 bridgehead atoms. The molecule has 160 valence electrons. The van der Waals surface area contributed by atoms with Gasteiger partial charge in [0, 0.05) is 5.56 Å². The summed E-state index contributed by atoms with van der Waals surface area (Å²) in [6.07, 6.45) is 3.88. The molecule has 0 atom stereocenters. The summed E-state index contributed by atoms with van der Waals surface area (Å²) in [4.78, 5) is 13.1. The Morgan fingerprint density at radius 2 is 1.56 bits per heavy atom. The van der Waals surface area contributed by atoms with Crippen LogP contribution in [0, 0.1) is 0 Å². The standard InChI is InChI=1S/C27H24N2O3/c1-3-32-27(30)25-24(19-14-20-10-6-4-7-11-20)29(22-12-8-5-9-13-22)28-26(25)21-15-17-23(31-2)18-16-21/h4-19H,3H2,1-2H3/b19-14+. The molecule has 1 heterocycles. The molecule has 0 fully saturated rings. The SMILES string of the molecule is CCOC(=O)c1c(-c2ccc(OC)cc2)nn(-c2ccccc2)c1/C=C/c1ccccc1. The summed E-state index contributed by atoms with van der Waals surface area (Å²) in [6.45, 7) is 2.07. The summed E-state index contributed by atoms with van der Waals surface area (Å²) in [5.41, 5.74) is 4.32. The number of rotatable bonds is 7. The first-order valence-corrected chi connectivity index (χ1v) is 10.4. The Kier molecular flexibility index (Phi) is 6.46. The van der Waals surface area contributed by atoms with E-state index in [9.17, 15) is 4.79 Å². The van der Waals surface area contributed by atoms with Crippen LogP contribution in [0.15, 0.2) is 84.9 Å². The molecule has 1 aromatic heterocycles. The second kappa shape index (κ2) is 9.79. The molecule has 0 amide bonds. The molecule has 0 aliphatic heterocycles. The van der Waals surface area contributed by atoms with Gasteiger partial charge in [0.2, 0.25) is 0 Å². The van der Waals surface area contributed by atoms with Crippen LogP contribution in [0.4, 0.5) is 0 Å². The largest absolute Gasteiger partial charge is 0.497 e. The van der Waals surface area contributed by atoms with Crippen LogP contribution in [0.25, 0.3) is 29.1 Å². The van der Waals surface area contributed by atoms with Gasteiger partial charge in [-0.15, -0.1) is 0 Å². The first kappa shape index (κ1) is 21.1. The Hall–Kier alpha value is -4.12. The highest BCUT2D eigenvalue weighted by Crippen LogP contribution is 2.31. The van der Waals surface area contributed by atoms with Gasteiger partial charge in [-0.3, -0.25) is 0 Å². The van der Waals surface area contributed by atoms with E-state index in [-0.39, 0.29) is 6.61 Å². The lowest BCUT2D eigenvalue weighted by Gasteiger charge is -2.07. The molecule has 0 unspecified atom stereocenters. The van der Waals surface area contributed by atoms with Crippen molar-refractivity contribution in [2.75, 3.05) is 13.7 Å². The molecule has 0 saturated heterocycles. The molecule has 0 radical (unpaired) electrons. The molecular weight excluding hydrogens is 400 g/mol. The average Bonchev–Trinajstić information content (AvgIpc) is 3.24. The maximum Gasteiger partial charge on any atom is 0.342 e. The molecule has 0 N–H and O–H groups in total. The molecule has 5 heteroatoms. The Balaban J connectivity index is 1.93. The van der Waals surface area contributed by atoms with Crippen LogP contribution >= 0.6 is 0 Å². The van der Waals surface area contributed by atoms with Crippen molar-refractivity contribution in [1.29, 1.82) is 0 Å². The van der Waals surface area contributed by atoms with E-state index in [1.165, 1.54) is 0 Å². The van der Waals surface area contributed by atoms with Gasteiger partial charge in [0.15, 0.2) is 0 Å². The van der Waals surface area contributed by atoms with Crippen LogP contribution in [0.5, 0.6) is 5.75 Å². The Bertz CT molecular complexity index is 1210. The molecule has 0 spiro atoms. The van der Waals surface area contributed by atoms with E-state index < -0.39 is 5.97 Å². The number of methoxy groups -OCH3 is 1. The number of para-hydroxylation sites is 1. The van der Waals surface area contributed by atoms with E-state index in [2.05, 4.69) is 0 Å². The molecule has 5 nitrogen and oxygen atoms in total. The molecule has 0 aliphatic carbocycles. The van der Waals surface area contributed by atoms with E-state index in [0.29, 0.717) is 17.0 Å². The molecule has 4 aromatic rings. The first-order chi connectivity index (χ1) is 15.7. The van der Waals surface area contributed by atoms with Gasteiger partial charge in [0.1, 0.15) is 17.0 Å². The van der Waals surface area contributed by atoms with Crippen LogP contribution in [0.2, 0.25) is 0 Å². The molecule has 0 aliphatic rings. The van der Waals surface area contributed by atoms with Crippen molar-refractivity contribution in [2.24, 2.45) is 0 Å². The maximum atomic E-state index is 13.1. The summed E-state index contributed by atoms with van der Waals surface area (Å²) in [6, 6.07) is 27.2. The highest BCUT2D eigenvalue weighted by Gasteiger charge is 2.25. The molecule has 3 aromatic carbocycles. The van der Waals surface area contributed by atoms with E-state index >= 15 is 0 Å². The third-order valence-corrected chi connectivity index (χ3v) is 5.00. The first-order valence-electron chi connectivity index (χ1n) is 10.4. The lowest BCUT2D eigenvalue weighted by Crippen LogP contribution is -2.08. The third-order valence-electron chi connectivity index (χ3n) is 5.00. The fourth-order valence-corrected chi connectivity index (χ4v) is 3.45. The lowest BCUT2D eigenvalue weighted by atomic mass is 10.0. The summed E-state index contributed by atoms with van der Waals surface area (Å²) >= 11 is 0. The van der Waals surface area contributed by atoms with Gasteiger partial charge < -0.3 is 9.47 Å². The fourth-order valence-electron chi connectivity index (χ4n) is 3.45. The number of esters is 1. The lowest BCUT2D eigenvalue weighted by molar-refractivity contribution is 0.0527. The van der Waals surface area contributed by atoms with Crippen LogP contribution in [-0.4, -0.2) is 29.5 Å². The van der Waals surface area contributed by atoms with Gasteiger partial charge >= 0.3 is 5.97 Å². The normalized spacial score (nSPS) is 10.9. The fraction of sp³-hybridized carbons (Fsp3) is 0.111. The van der Waals surface area contributed by atoms with Crippen molar-refractivity contribution in [3.63, 3.8) is 0 Å². The van der Waals surface area contributed by atoms with Gasteiger partial charge in [-0.1, -0.05) is 54.6 Å². The van der Waals surface area contributed by atoms with Gasteiger partial charge in [-0.2, -0.15) is 5.10 Å². The predicted molar refractivity (Wildman–Crippen MR) is 127 cm³/mol. The Morgan fingerprint density at radius 1 is 0.906 bits per heavy atom. The number of hydrogen-bond acceptors (Lipinski definition) is 4. The zero-order chi connectivity index (χ0) is 22.3. The second-order valence-corrected chi connectivity index (χ2v) is 7.05.